The number of nitrogens with zero attached hydrogens (tertiary/aromatic N) is 2. The van der Waals surface area contributed by atoms with Gasteiger partial charge in [-0.05, 0) is 43.9 Å². The summed E-state index contributed by atoms with van der Waals surface area (Å²) in [4.78, 5) is 21.0. The van der Waals surface area contributed by atoms with Crippen LogP contribution in [0.2, 0.25) is 0 Å². The van der Waals surface area contributed by atoms with Gasteiger partial charge in [-0.15, -0.1) is 11.3 Å². The molecule has 0 N–H and O–H groups in total. The third kappa shape index (κ3) is 3.88. The van der Waals surface area contributed by atoms with Gasteiger partial charge in [-0.2, -0.15) is 0 Å². The Labute approximate surface area is 184 Å². The third-order valence-electron chi connectivity index (χ3n) is 5.94. The molecule has 4 aromatic rings. The summed E-state index contributed by atoms with van der Waals surface area (Å²) < 4.78 is 19.3. The van der Waals surface area contributed by atoms with Crippen LogP contribution < -0.4 is 0 Å². The van der Waals surface area contributed by atoms with Crippen LogP contribution in [0.3, 0.4) is 0 Å². The Balaban J connectivity index is 1.46. The molecular formula is C25H23FN2O2S. The van der Waals surface area contributed by atoms with Gasteiger partial charge in [0.05, 0.1) is 16.1 Å². The summed E-state index contributed by atoms with van der Waals surface area (Å²) >= 11 is 1.47. The Hall–Kier alpha value is -2.99. The van der Waals surface area contributed by atoms with E-state index in [-0.39, 0.29) is 17.8 Å². The van der Waals surface area contributed by atoms with Gasteiger partial charge in [-0.3, -0.25) is 4.79 Å². The van der Waals surface area contributed by atoms with Crippen molar-refractivity contribution in [3.8, 4) is 10.4 Å². The molecule has 1 amide bonds. The highest BCUT2D eigenvalue weighted by Crippen LogP contribution is 2.33. The number of rotatable bonds is 4. The van der Waals surface area contributed by atoms with Crippen LogP contribution in [-0.2, 0) is 6.42 Å². The number of hydrogen-bond donors (Lipinski definition) is 0. The molecule has 1 atom stereocenters. The lowest BCUT2D eigenvalue weighted by Crippen LogP contribution is -2.45. The highest BCUT2D eigenvalue weighted by molar-refractivity contribution is 7.15. The summed E-state index contributed by atoms with van der Waals surface area (Å²) in [5, 5.41) is 3.02. The highest BCUT2D eigenvalue weighted by atomic mass is 32.1. The molecule has 0 unspecified atom stereocenters. The number of carbonyl (C=O) groups is 1. The number of benzene rings is 2. The fraction of sp³-hybridized carbons (Fsp3) is 0.280. The first kappa shape index (κ1) is 19.9. The molecule has 158 valence electrons. The first-order valence-electron chi connectivity index (χ1n) is 10.6. The second-order valence-electron chi connectivity index (χ2n) is 8.02. The van der Waals surface area contributed by atoms with E-state index in [1.165, 1.54) is 23.5 Å². The number of aromatic nitrogens is 1. The van der Waals surface area contributed by atoms with E-state index in [2.05, 4.69) is 11.1 Å². The standard InChI is InChI=1S/C25H23FN2O2S/c1-16-27-23(24(31-16)17-9-11-19(26)12-10-17)25(29)28-13-5-4-7-20(28)14-22-21-8-3-2-6-18(21)15-30-22/h2-3,6,8-12,15,20H,4-5,7,13-14H2,1H3/t20-/m0/s1. The number of halogens is 1. The fourth-order valence-corrected chi connectivity index (χ4v) is 5.32. The monoisotopic (exact) mass is 434 g/mol. The van der Waals surface area contributed by atoms with Crippen LogP contribution in [0.4, 0.5) is 4.39 Å². The van der Waals surface area contributed by atoms with Crippen molar-refractivity contribution >= 4 is 28.0 Å². The molecule has 1 aliphatic rings. The smallest absolute Gasteiger partial charge is 0.274 e. The zero-order valence-electron chi connectivity index (χ0n) is 17.3. The van der Waals surface area contributed by atoms with Crippen molar-refractivity contribution in [1.82, 2.24) is 9.88 Å². The largest absolute Gasteiger partial charge is 0.468 e. The van der Waals surface area contributed by atoms with Crippen molar-refractivity contribution in [1.29, 1.82) is 0 Å². The van der Waals surface area contributed by atoms with Crippen LogP contribution in [0.5, 0.6) is 0 Å². The fourth-order valence-electron chi connectivity index (χ4n) is 4.41. The number of amides is 1. The van der Waals surface area contributed by atoms with Crippen LogP contribution in [0, 0.1) is 12.7 Å². The molecule has 6 heteroatoms. The molecule has 31 heavy (non-hydrogen) atoms. The van der Waals surface area contributed by atoms with Gasteiger partial charge in [0, 0.05) is 29.8 Å². The van der Waals surface area contributed by atoms with Gasteiger partial charge < -0.3 is 9.32 Å². The first-order valence-corrected chi connectivity index (χ1v) is 11.4. The van der Waals surface area contributed by atoms with Crippen LogP contribution in [0.25, 0.3) is 21.2 Å². The van der Waals surface area contributed by atoms with Gasteiger partial charge in [-0.1, -0.05) is 36.4 Å². The third-order valence-corrected chi connectivity index (χ3v) is 6.96. The van der Waals surface area contributed by atoms with E-state index in [4.69, 9.17) is 4.42 Å². The number of furan rings is 1. The number of hydrogen-bond acceptors (Lipinski definition) is 4. The molecule has 0 saturated carbocycles. The molecule has 0 radical (unpaired) electrons. The van der Waals surface area contributed by atoms with Crippen molar-refractivity contribution in [2.75, 3.05) is 6.54 Å². The minimum atomic E-state index is -0.292. The van der Waals surface area contributed by atoms with Crippen LogP contribution in [0.15, 0.2) is 59.2 Å². The summed E-state index contributed by atoms with van der Waals surface area (Å²) in [5.74, 6) is 0.581. The second-order valence-corrected chi connectivity index (χ2v) is 9.22. The second kappa shape index (κ2) is 8.27. The van der Waals surface area contributed by atoms with E-state index in [0.29, 0.717) is 18.7 Å². The van der Waals surface area contributed by atoms with Gasteiger partial charge in [0.1, 0.15) is 17.3 Å². The molecule has 1 fully saturated rings. The molecular weight excluding hydrogens is 411 g/mol. The summed E-state index contributed by atoms with van der Waals surface area (Å²) in [6.45, 7) is 2.61. The maximum Gasteiger partial charge on any atom is 0.274 e. The molecule has 4 nitrogen and oxygen atoms in total. The Morgan fingerprint density at radius 2 is 2.00 bits per heavy atom. The molecule has 2 aromatic heterocycles. The van der Waals surface area contributed by atoms with E-state index in [0.717, 1.165) is 51.2 Å². The predicted octanol–water partition coefficient (Wildman–Crippen LogP) is 6.24. The maximum atomic E-state index is 13.6. The predicted molar refractivity (Wildman–Crippen MR) is 121 cm³/mol. The topological polar surface area (TPSA) is 46.3 Å². The number of thiazole rings is 1. The van der Waals surface area contributed by atoms with E-state index in [1.54, 1.807) is 18.4 Å². The Bertz CT molecular complexity index is 1230. The summed E-state index contributed by atoms with van der Waals surface area (Å²) in [7, 11) is 0. The van der Waals surface area contributed by atoms with Gasteiger partial charge >= 0.3 is 0 Å². The Morgan fingerprint density at radius 3 is 2.84 bits per heavy atom. The van der Waals surface area contributed by atoms with Crippen molar-refractivity contribution in [3.63, 3.8) is 0 Å². The average Bonchev–Trinajstić information content (AvgIpc) is 3.38. The summed E-state index contributed by atoms with van der Waals surface area (Å²) in [6, 6.07) is 14.5. The number of carbonyl (C=O) groups excluding carboxylic acids is 1. The van der Waals surface area contributed by atoms with Crippen LogP contribution in [0.1, 0.15) is 40.5 Å². The Morgan fingerprint density at radius 1 is 1.19 bits per heavy atom. The minimum Gasteiger partial charge on any atom is -0.468 e. The number of piperidine rings is 1. The molecule has 0 spiro atoms. The molecule has 1 saturated heterocycles. The molecule has 5 rings (SSSR count). The van der Waals surface area contributed by atoms with Gasteiger partial charge in [0.15, 0.2) is 0 Å². The molecule has 2 aromatic carbocycles. The van der Waals surface area contributed by atoms with E-state index >= 15 is 0 Å². The minimum absolute atomic E-state index is 0.0516. The zero-order chi connectivity index (χ0) is 21.4. The lowest BCUT2D eigenvalue weighted by Gasteiger charge is -2.35. The summed E-state index contributed by atoms with van der Waals surface area (Å²) in [6.07, 6.45) is 5.49. The maximum absolute atomic E-state index is 13.6. The van der Waals surface area contributed by atoms with E-state index < -0.39 is 0 Å². The Kier molecular flexibility index (Phi) is 5.32. The van der Waals surface area contributed by atoms with Crippen LogP contribution in [-0.4, -0.2) is 28.4 Å². The van der Waals surface area contributed by atoms with Gasteiger partial charge in [0.25, 0.3) is 5.91 Å². The molecule has 0 aliphatic carbocycles. The lowest BCUT2D eigenvalue weighted by atomic mass is 9.96. The van der Waals surface area contributed by atoms with Crippen molar-refractivity contribution in [3.05, 3.63) is 77.1 Å². The highest BCUT2D eigenvalue weighted by Gasteiger charge is 2.32. The number of aryl methyl sites for hydroxylation is 1. The van der Waals surface area contributed by atoms with E-state index in [1.807, 2.05) is 30.0 Å². The molecule has 0 bridgehead atoms. The quantitative estimate of drug-likeness (QED) is 0.382. The lowest BCUT2D eigenvalue weighted by molar-refractivity contribution is 0.0603. The summed E-state index contributed by atoms with van der Waals surface area (Å²) in [5.41, 5.74) is 1.28. The van der Waals surface area contributed by atoms with Gasteiger partial charge in [-0.25, -0.2) is 9.37 Å². The van der Waals surface area contributed by atoms with Gasteiger partial charge in [0.2, 0.25) is 0 Å². The molecule has 1 aliphatic heterocycles. The zero-order valence-corrected chi connectivity index (χ0v) is 18.1. The average molecular weight is 435 g/mol. The van der Waals surface area contributed by atoms with Crippen LogP contribution >= 0.6 is 11.3 Å². The number of fused-ring (bicyclic) bond motifs is 1. The van der Waals surface area contributed by atoms with E-state index in [9.17, 15) is 9.18 Å². The normalized spacial score (nSPS) is 16.7. The SMILES string of the molecule is Cc1nc(C(=O)N2CCCC[C@H]2Cc2occ3ccccc23)c(-c2ccc(F)cc2)s1. The first-order chi connectivity index (χ1) is 15.1. The van der Waals surface area contributed by atoms with Crippen molar-refractivity contribution in [2.24, 2.45) is 0 Å². The van der Waals surface area contributed by atoms with Crippen molar-refractivity contribution in [2.45, 2.75) is 38.6 Å². The van der Waals surface area contributed by atoms with Crippen molar-refractivity contribution < 1.29 is 13.6 Å². The number of likely N-dealkylation sites (tertiary alicyclic amines) is 1. The molecule has 3 heterocycles.